The van der Waals surface area contributed by atoms with Crippen LogP contribution in [0.5, 0.6) is 0 Å². The minimum absolute atomic E-state index is 0.136. The van der Waals surface area contributed by atoms with E-state index in [1.807, 2.05) is 18.3 Å². The quantitative estimate of drug-likeness (QED) is 0.748. The van der Waals surface area contributed by atoms with Crippen LogP contribution >= 0.6 is 0 Å². The Morgan fingerprint density at radius 1 is 1.32 bits per heavy atom. The van der Waals surface area contributed by atoms with E-state index in [4.69, 9.17) is 5.11 Å². The van der Waals surface area contributed by atoms with Crippen LogP contribution in [0, 0.1) is 0 Å². The van der Waals surface area contributed by atoms with Crippen molar-refractivity contribution in [2.24, 2.45) is 0 Å². The maximum absolute atomic E-state index is 11.0. The van der Waals surface area contributed by atoms with Crippen molar-refractivity contribution in [1.29, 1.82) is 0 Å². The molecule has 19 heavy (non-hydrogen) atoms. The van der Waals surface area contributed by atoms with Gasteiger partial charge in [0.05, 0.1) is 5.69 Å². The topological polar surface area (TPSA) is 88.0 Å². The summed E-state index contributed by atoms with van der Waals surface area (Å²) in [5.41, 5.74) is 1.77. The van der Waals surface area contributed by atoms with E-state index in [0.29, 0.717) is 12.2 Å². The van der Waals surface area contributed by atoms with E-state index in [1.165, 1.54) is 12.5 Å². The van der Waals surface area contributed by atoms with E-state index in [2.05, 4.69) is 20.3 Å². The molecular weight excluding hydrogens is 244 g/mol. The molecule has 2 N–H and O–H groups in total. The first-order valence-electron chi connectivity index (χ1n) is 5.89. The third-order valence-corrected chi connectivity index (χ3v) is 2.63. The summed E-state index contributed by atoms with van der Waals surface area (Å²) in [4.78, 5) is 22.7. The second-order valence-corrected chi connectivity index (χ2v) is 3.98. The van der Waals surface area contributed by atoms with Crippen LogP contribution in [0.1, 0.15) is 21.6 Å². The lowest BCUT2D eigenvalue weighted by molar-refractivity contribution is 0.0694. The second kappa shape index (κ2) is 6.55. The Balaban J connectivity index is 1.85. The molecule has 0 aliphatic carbocycles. The number of pyridine rings is 1. The number of nitrogens with one attached hydrogen (secondary N) is 1. The van der Waals surface area contributed by atoms with Crippen molar-refractivity contribution < 1.29 is 9.90 Å². The van der Waals surface area contributed by atoms with Crippen molar-refractivity contribution >= 4 is 5.97 Å². The minimum atomic E-state index is -1.01. The molecule has 0 fully saturated rings. The molecule has 2 rings (SSSR count). The maximum atomic E-state index is 11.0. The fourth-order valence-corrected chi connectivity index (χ4v) is 1.66. The van der Waals surface area contributed by atoms with Gasteiger partial charge in [-0.05, 0) is 24.6 Å². The van der Waals surface area contributed by atoms with Gasteiger partial charge in [0.2, 0.25) is 0 Å². The third kappa shape index (κ3) is 3.82. The van der Waals surface area contributed by atoms with Gasteiger partial charge in [-0.1, -0.05) is 6.07 Å². The number of nitrogens with zero attached hydrogens (tertiary/aromatic N) is 3. The van der Waals surface area contributed by atoms with Gasteiger partial charge in [-0.25, -0.2) is 14.8 Å². The van der Waals surface area contributed by atoms with Crippen LogP contribution in [0.3, 0.4) is 0 Å². The first-order valence-corrected chi connectivity index (χ1v) is 5.89. The van der Waals surface area contributed by atoms with E-state index in [-0.39, 0.29) is 5.56 Å². The average Bonchev–Trinajstić information content (AvgIpc) is 2.45. The van der Waals surface area contributed by atoms with Crippen molar-refractivity contribution in [2.45, 2.75) is 13.0 Å². The average molecular weight is 258 g/mol. The number of aromatic carboxylic acids is 1. The molecule has 0 radical (unpaired) electrons. The number of hydrogen-bond donors (Lipinski definition) is 2. The number of hydrogen-bond acceptors (Lipinski definition) is 5. The van der Waals surface area contributed by atoms with Crippen LogP contribution in [0.4, 0.5) is 0 Å². The van der Waals surface area contributed by atoms with Crippen LogP contribution in [0.15, 0.2) is 37.1 Å². The highest BCUT2D eigenvalue weighted by molar-refractivity contribution is 5.88. The number of carboxylic acids is 1. The molecule has 2 aromatic rings. The van der Waals surface area contributed by atoms with Crippen LogP contribution < -0.4 is 5.32 Å². The minimum Gasteiger partial charge on any atom is -0.478 e. The highest BCUT2D eigenvalue weighted by atomic mass is 16.4. The van der Waals surface area contributed by atoms with Gasteiger partial charge in [0.25, 0.3) is 0 Å². The summed E-state index contributed by atoms with van der Waals surface area (Å²) in [7, 11) is 0. The van der Waals surface area contributed by atoms with Crippen LogP contribution in [0.2, 0.25) is 0 Å². The van der Waals surface area contributed by atoms with Gasteiger partial charge in [0, 0.05) is 25.1 Å². The van der Waals surface area contributed by atoms with Crippen LogP contribution in [-0.4, -0.2) is 32.6 Å². The molecule has 0 amide bonds. The van der Waals surface area contributed by atoms with Crippen LogP contribution in [-0.2, 0) is 13.0 Å². The van der Waals surface area contributed by atoms with E-state index < -0.39 is 5.97 Å². The van der Waals surface area contributed by atoms with E-state index in [9.17, 15) is 4.79 Å². The third-order valence-electron chi connectivity index (χ3n) is 2.63. The van der Waals surface area contributed by atoms with E-state index in [0.717, 1.165) is 18.5 Å². The molecule has 0 bridgehead atoms. The number of aromatic nitrogens is 3. The summed E-state index contributed by atoms with van der Waals surface area (Å²) < 4.78 is 0. The predicted molar refractivity (Wildman–Crippen MR) is 68.6 cm³/mol. The number of carbonyl (C=O) groups is 1. The number of carboxylic acid groups (broad SMARTS) is 1. The molecule has 0 aliphatic heterocycles. The van der Waals surface area contributed by atoms with Gasteiger partial charge in [0.1, 0.15) is 11.9 Å². The molecule has 0 saturated carbocycles. The Morgan fingerprint density at radius 2 is 2.21 bits per heavy atom. The van der Waals surface area contributed by atoms with E-state index in [1.54, 1.807) is 6.20 Å². The SMILES string of the molecule is O=C(O)c1cncnc1CNCCc1cccnc1. The summed E-state index contributed by atoms with van der Waals surface area (Å²) in [5.74, 6) is -1.01. The first-order chi connectivity index (χ1) is 9.27. The summed E-state index contributed by atoms with van der Waals surface area (Å²) in [6.07, 6.45) is 7.05. The Hall–Kier alpha value is -2.34. The molecule has 6 heteroatoms. The summed E-state index contributed by atoms with van der Waals surface area (Å²) >= 11 is 0. The lowest BCUT2D eigenvalue weighted by Gasteiger charge is -2.06. The highest BCUT2D eigenvalue weighted by Crippen LogP contribution is 2.03. The Morgan fingerprint density at radius 3 is 2.95 bits per heavy atom. The number of rotatable bonds is 6. The summed E-state index contributed by atoms with van der Waals surface area (Å²) in [6, 6.07) is 3.89. The summed E-state index contributed by atoms with van der Waals surface area (Å²) in [5, 5.41) is 12.1. The zero-order valence-corrected chi connectivity index (χ0v) is 10.3. The molecule has 2 heterocycles. The fourth-order valence-electron chi connectivity index (χ4n) is 1.66. The first kappa shape index (κ1) is 13.1. The van der Waals surface area contributed by atoms with Gasteiger partial charge in [0.15, 0.2) is 0 Å². The zero-order valence-electron chi connectivity index (χ0n) is 10.3. The molecule has 0 saturated heterocycles. The molecular formula is C13H14N4O2. The second-order valence-electron chi connectivity index (χ2n) is 3.98. The Bertz CT molecular complexity index is 545. The predicted octanol–water partition coefficient (Wildman–Crippen LogP) is 0.902. The normalized spacial score (nSPS) is 10.3. The largest absolute Gasteiger partial charge is 0.478 e. The molecule has 0 atom stereocenters. The molecule has 0 spiro atoms. The van der Waals surface area contributed by atoms with E-state index >= 15 is 0 Å². The Labute approximate surface area is 110 Å². The molecule has 0 aliphatic rings. The molecule has 6 nitrogen and oxygen atoms in total. The lowest BCUT2D eigenvalue weighted by Crippen LogP contribution is -2.19. The fraction of sp³-hybridized carbons (Fsp3) is 0.231. The van der Waals surface area contributed by atoms with Crippen LogP contribution in [0.25, 0.3) is 0 Å². The van der Waals surface area contributed by atoms with Gasteiger partial charge >= 0.3 is 5.97 Å². The highest BCUT2D eigenvalue weighted by Gasteiger charge is 2.10. The van der Waals surface area contributed by atoms with Crippen molar-refractivity contribution in [3.63, 3.8) is 0 Å². The zero-order chi connectivity index (χ0) is 13.5. The standard InChI is InChI=1S/C13H14N4O2/c18-13(19)11-7-16-9-17-12(11)8-15-5-3-10-2-1-4-14-6-10/h1-2,4,6-7,9,15H,3,5,8H2,(H,18,19). The lowest BCUT2D eigenvalue weighted by atomic mass is 10.2. The monoisotopic (exact) mass is 258 g/mol. The van der Waals surface area contributed by atoms with Gasteiger partial charge in [-0.2, -0.15) is 0 Å². The van der Waals surface area contributed by atoms with Gasteiger partial charge in [-0.3, -0.25) is 4.98 Å². The Kier molecular flexibility index (Phi) is 4.52. The van der Waals surface area contributed by atoms with Crippen molar-refractivity contribution in [1.82, 2.24) is 20.3 Å². The van der Waals surface area contributed by atoms with Gasteiger partial charge in [-0.15, -0.1) is 0 Å². The summed E-state index contributed by atoms with van der Waals surface area (Å²) in [6.45, 7) is 1.14. The molecule has 98 valence electrons. The van der Waals surface area contributed by atoms with Crippen molar-refractivity contribution in [3.8, 4) is 0 Å². The maximum Gasteiger partial charge on any atom is 0.339 e. The van der Waals surface area contributed by atoms with Crippen molar-refractivity contribution in [2.75, 3.05) is 6.54 Å². The van der Waals surface area contributed by atoms with Crippen molar-refractivity contribution in [3.05, 3.63) is 53.9 Å². The molecule has 0 unspecified atom stereocenters. The molecule has 0 aromatic carbocycles. The molecule has 2 aromatic heterocycles. The van der Waals surface area contributed by atoms with Gasteiger partial charge < -0.3 is 10.4 Å². The smallest absolute Gasteiger partial charge is 0.339 e.